The van der Waals surface area contributed by atoms with E-state index in [1.807, 2.05) is 35.2 Å². The van der Waals surface area contributed by atoms with Crippen molar-refractivity contribution in [3.63, 3.8) is 0 Å². The second-order valence-corrected chi connectivity index (χ2v) is 4.32. The summed E-state index contributed by atoms with van der Waals surface area (Å²) in [4.78, 5) is 1.83. The fourth-order valence-electron chi connectivity index (χ4n) is 2.22. The van der Waals surface area contributed by atoms with E-state index < -0.39 is 6.50 Å². The summed E-state index contributed by atoms with van der Waals surface area (Å²) in [6, 6.07) is 10.00. The normalized spacial score (nSPS) is 24.2. The molecule has 1 fully saturated rings. The van der Waals surface area contributed by atoms with Gasteiger partial charge in [-0.05, 0) is 44.3 Å². The molecule has 0 saturated carbocycles. The van der Waals surface area contributed by atoms with Gasteiger partial charge in [0, 0.05) is 8.78 Å². The molecule has 16 heavy (non-hydrogen) atoms. The number of likely N-dealkylation sites (tertiary alicyclic amines) is 1. The number of hydrogen-bond acceptors (Lipinski definition) is 2. The molecule has 2 rings (SSSR count). The number of aliphatic hydroxyl groups excluding tert-OH is 1. The highest BCUT2D eigenvalue weighted by Gasteiger charge is 2.22. The summed E-state index contributed by atoms with van der Waals surface area (Å²) in [5.41, 5.74) is 1.17. The predicted octanol–water partition coefficient (Wildman–Crippen LogP) is 2.08. The molecule has 2 nitrogen and oxygen atoms in total. The number of benzene rings is 1. The average molecular weight is 221 g/mol. The monoisotopic (exact) mass is 221 g/mol. The highest BCUT2D eigenvalue weighted by Crippen LogP contribution is 2.17. The van der Waals surface area contributed by atoms with Crippen LogP contribution >= 0.6 is 0 Å². The van der Waals surface area contributed by atoms with E-state index in [2.05, 4.69) is 0 Å². The van der Waals surface area contributed by atoms with Gasteiger partial charge in [0.15, 0.2) is 0 Å². The van der Waals surface area contributed by atoms with E-state index in [1.165, 1.54) is 5.56 Å². The Bertz CT molecular complexity index is 369. The molecule has 0 unspecified atom stereocenters. The first-order valence-electron chi connectivity index (χ1n) is 7.05. The maximum atomic E-state index is 9.28. The molecule has 0 aromatic heterocycles. The van der Waals surface area contributed by atoms with Crippen LogP contribution in [0.5, 0.6) is 0 Å². The lowest BCUT2D eigenvalue weighted by Crippen LogP contribution is -2.33. The van der Waals surface area contributed by atoms with E-state index in [4.69, 9.17) is 2.74 Å². The van der Waals surface area contributed by atoms with Crippen LogP contribution in [0.25, 0.3) is 0 Å². The first-order chi connectivity index (χ1) is 8.63. The van der Waals surface area contributed by atoms with Gasteiger partial charge >= 0.3 is 0 Å². The maximum absolute atomic E-state index is 9.28. The predicted molar refractivity (Wildman–Crippen MR) is 66.4 cm³/mol. The molecule has 1 atom stereocenters. The van der Waals surface area contributed by atoms with Crippen molar-refractivity contribution in [3.05, 3.63) is 35.9 Å². The van der Waals surface area contributed by atoms with Crippen molar-refractivity contribution in [3.8, 4) is 0 Å². The lowest BCUT2D eigenvalue weighted by molar-refractivity contribution is 0.158. The standard InChI is InChI=1S/C14H21NO/c16-12-14-9-5-11-15(14)10-4-8-13-6-2-1-3-7-13/h1-3,6-7,14,16H,4-5,8-12H2/t14-/m0/s1/i10D2. The number of aliphatic hydroxyl groups is 1. The van der Waals surface area contributed by atoms with E-state index in [-0.39, 0.29) is 12.6 Å². The van der Waals surface area contributed by atoms with Gasteiger partial charge in [0.25, 0.3) is 0 Å². The second-order valence-electron chi connectivity index (χ2n) is 4.32. The van der Waals surface area contributed by atoms with Crippen LogP contribution in [-0.4, -0.2) is 35.7 Å². The van der Waals surface area contributed by atoms with E-state index >= 15 is 0 Å². The number of aryl methyl sites for hydroxylation is 1. The van der Waals surface area contributed by atoms with Gasteiger partial charge in [0.2, 0.25) is 0 Å². The number of hydrogen-bond donors (Lipinski definition) is 1. The van der Waals surface area contributed by atoms with E-state index in [9.17, 15) is 5.11 Å². The zero-order valence-electron chi connectivity index (χ0n) is 11.6. The Balaban J connectivity index is 1.94. The van der Waals surface area contributed by atoms with Crippen molar-refractivity contribution in [1.82, 2.24) is 4.90 Å². The molecule has 0 radical (unpaired) electrons. The minimum absolute atomic E-state index is 0.00391. The topological polar surface area (TPSA) is 23.5 Å². The lowest BCUT2D eigenvalue weighted by Gasteiger charge is -2.22. The summed E-state index contributed by atoms with van der Waals surface area (Å²) in [5, 5.41) is 9.28. The third-order valence-electron chi connectivity index (χ3n) is 3.16. The van der Waals surface area contributed by atoms with Crippen molar-refractivity contribution in [2.45, 2.75) is 31.7 Å². The van der Waals surface area contributed by atoms with Crippen LogP contribution < -0.4 is 0 Å². The minimum Gasteiger partial charge on any atom is -0.395 e. The molecule has 1 aliphatic rings. The van der Waals surface area contributed by atoms with Gasteiger partial charge < -0.3 is 5.11 Å². The fraction of sp³-hybridized carbons (Fsp3) is 0.571. The quantitative estimate of drug-likeness (QED) is 0.823. The fourth-order valence-corrected chi connectivity index (χ4v) is 2.22. The summed E-state index contributed by atoms with van der Waals surface area (Å²) in [6.45, 7) is -0.502. The summed E-state index contributed by atoms with van der Waals surface area (Å²) in [6.07, 6.45) is 3.10. The largest absolute Gasteiger partial charge is 0.395 e. The Morgan fingerprint density at radius 1 is 1.38 bits per heavy atom. The van der Waals surface area contributed by atoms with Crippen molar-refractivity contribution < 1.29 is 7.85 Å². The van der Waals surface area contributed by atoms with Gasteiger partial charge in [-0.2, -0.15) is 0 Å². The Labute approximate surface area is 101 Å². The van der Waals surface area contributed by atoms with Crippen molar-refractivity contribution in [1.29, 1.82) is 0 Å². The van der Waals surface area contributed by atoms with Crippen LogP contribution in [0.4, 0.5) is 0 Å². The van der Waals surface area contributed by atoms with E-state index in [1.54, 1.807) is 0 Å². The Morgan fingerprint density at radius 2 is 2.19 bits per heavy atom. The zero-order valence-corrected chi connectivity index (χ0v) is 9.60. The molecule has 0 spiro atoms. The summed E-state index contributed by atoms with van der Waals surface area (Å²) in [5.74, 6) is 0. The van der Waals surface area contributed by atoms with Crippen molar-refractivity contribution in [2.24, 2.45) is 0 Å². The molecule has 1 heterocycles. The molecule has 88 valence electrons. The molecule has 0 aliphatic carbocycles. The van der Waals surface area contributed by atoms with Crippen LogP contribution in [-0.2, 0) is 6.42 Å². The first kappa shape index (κ1) is 9.20. The Morgan fingerprint density at radius 3 is 2.94 bits per heavy atom. The summed E-state index contributed by atoms with van der Waals surface area (Å²) >= 11 is 0. The lowest BCUT2D eigenvalue weighted by atomic mass is 10.1. The van der Waals surface area contributed by atoms with Crippen LogP contribution in [0, 0.1) is 0 Å². The number of nitrogens with zero attached hydrogens (tertiary/aromatic N) is 1. The maximum Gasteiger partial charge on any atom is 0.0586 e. The highest BCUT2D eigenvalue weighted by atomic mass is 16.3. The Kier molecular flexibility index (Phi) is 3.46. The third kappa shape index (κ3) is 3.06. The summed E-state index contributed by atoms with van der Waals surface area (Å²) < 4.78 is 16.4. The molecule has 1 saturated heterocycles. The molecule has 1 aromatic rings. The molecule has 0 amide bonds. The van der Waals surface area contributed by atoms with Gasteiger partial charge in [0.05, 0.1) is 6.61 Å². The Hall–Kier alpha value is -0.860. The van der Waals surface area contributed by atoms with Gasteiger partial charge in [-0.1, -0.05) is 30.3 Å². The van der Waals surface area contributed by atoms with Gasteiger partial charge in [-0.15, -0.1) is 0 Å². The van der Waals surface area contributed by atoms with Gasteiger partial charge in [-0.25, -0.2) is 0 Å². The molecular formula is C14H21NO. The zero-order chi connectivity index (χ0) is 13.0. The van der Waals surface area contributed by atoms with Crippen LogP contribution in [0.3, 0.4) is 0 Å². The van der Waals surface area contributed by atoms with Crippen LogP contribution in [0.15, 0.2) is 30.3 Å². The van der Waals surface area contributed by atoms with Crippen molar-refractivity contribution >= 4 is 0 Å². The number of rotatable bonds is 5. The molecule has 2 heteroatoms. The second kappa shape index (κ2) is 6.02. The van der Waals surface area contributed by atoms with Crippen LogP contribution in [0.2, 0.25) is 0 Å². The molecule has 1 aliphatic heterocycles. The average Bonchev–Trinajstić information content (AvgIpc) is 2.87. The molecular weight excluding hydrogens is 198 g/mol. The minimum atomic E-state index is -1.32. The van der Waals surface area contributed by atoms with Gasteiger partial charge in [-0.3, -0.25) is 4.90 Å². The summed E-state index contributed by atoms with van der Waals surface area (Å²) in [7, 11) is 0. The van der Waals surface area contributed by atoms with Crippen LogP contribution in [0.1, 0.15) is 27.6 Å². The smallest absolute Gasteiger partial charge is 0.0586 e. The SMILES string of the molecule is [2H]C([2H])(CCc1ccccc1)N1CCC[C@H]1CO. The molecule has 1 N–H and O–H groups in total. The van der Waals surface area contributed by atoms with E-state index in [0.29, 0.717) is 6.42 Å². The first-order valence-corrected chi connectivity index (χ1v) is 6.05. The van der Waals surface area contributed by atoms with E-state index in [0.717, 1.165) is 25.8 Å². The molecule has 1 aromatic carbocycles. The molecule has 0 bridgehead atoms. The highest BCUT2D eigenvalue weighted by molar-refractivity contribution is 5.14. The van der Waals surface area contributed by atoms with Gasteiger partial charge in [0.1, 0.15) is 0 Å². The third-order valence-corrected chi connectivity index (χ3v) is 3.16. The van der Waals surface area contributed by atoms with Crippen molar-refractivity contribution in [2.75, 3.05) is 19.6 Å².